The lowest BCUT2D eigenvalue weighted by Gasteiger charge is -2.11. The zero-order chi connectivity index (χ0) is 11.3. The number of hydrogen-bond donors (Lipinski definition) is 1. The Hall–Kier alpha value is -1.73. The maximum atomic E-state index is 8.40. The van der Waals surface area contributed by atoms with Crippen LogP contribution in [0.5, 0.6) is 11.5 Å². The fourth-order valence-corrected chi connectivity index (χ4v) is 1.20. The highest BCUT2D eigenvalue weighted by atomic mass is 16.5. The number of nitrogens with two attached hydrogens (primary N) is 1. The Morgan fingerprint density at radius 2 is 2.20 bits per heavy atom. The van der Waals surface area contributed by atoms with Crippen molar-refractivity contribution in [3.63, 3.8) is 0 Å². The quantitative estimate of drug-likeness (QED) is 0.812. The van der Waals surface area contributed by atoms with Gasteiger partial charge in [-0.1, -0.05) is 6.07 Å². The first-order chi connectivity index (χ1) is 7.19. The molecule has 0 aliphatic carbocycles. The van der Waals surface area contributed by atoms with E-state index in [0.717, 1.165) is 5.56 Å². The highest BCUT2D eigenvalue weighted by molar-refractivity contribution is 5.43. The van der Waals surface area contributed by atoms with Crippen molar-refractivity contribution >= 4 is 0 Å². The van der Waals surface area contributed by atoms with E-state index >= 15 is 0 Å². The summed E-state index contributed by atoms with van der Waals surface area (Å²) in [5, 5.41) is 8.40. The van der Waals surface area contributed by atoms with E-state index in [1.54, 1.807) is 13.2 Å². The first kappa shape index (κ1) is 11.3. The van der Waals surface area contributed by atoms with Gasteiger partial charge in [-0.2, -0.15) is 5.26 Å². The lowest BCUT2D eigenvalue weighted by atomic mass is 10.1. The van der Waals surface area contributed by atoms with E-state index in [1.807, 2.05) is 25.1 Å². The fourth-order valence-electron chi connectivity index (χ4n) is 1.20. The Labute approximate surface area is 89.2 Å². The molecule has 2 N–H and O–H groups in total. The molecule has 4 nitrogen and oxygen atoms in total. The topological polar surface area (TPSA) is 68.3 Å². The number of hydrogen-bond acceptors (Lipinski definition) is 4. The third-order valence-corrected chi connectivity index (χ3v) is 2.01. The van der Waals surface area contributed by atoms with Crippen LogP contribution in [0.1, 0.15) is 18.5 Å². The normalized spacial score (nSPS) is 11.6. The van der Waals surface area contributed by atoms with Crippen LogP contribution in [0.25, 0.3) is 0 Å². The number of rotatable bonds is 4. The Balaban J connectivity index is 2.94. The third kappa shape index (κ3) is 2.86. The highest BCUT2D eigenvalue weighted by Gasteiger charge is 2.07. The van der Waals surface area contributed by atoms with Crippen LogP contribution in [0.3, 0.4) is 0 Å². The molecule has 1 atom stereocenters. The van der Waals surface area contributed by atoms with Crippen molar-refractivity contribution in [1.82, 2.24) is 0 Å². The largest absolute Gasteiger partial charge is 0.493 e. The minimum absolute atomic E-state index is 0.00782. The molecule has 1 aromatic rings. The summed E-state index contributed by atoms with van der Waals surface area (Å²) in [6, 6.07) is 7.29. The van der Waals surface area contributed by atoms with Crippen molar-refractivity contribution in [2.75, 3.05) is 13.7 Å². The van der Waals surface area contributed by atoms with E-state index in [-0.39, 0.29) is 12.6 Å². The van der Waals surface area contributed by atoms with E-state index in [0.29, 0.717) is 11.5 Å². The number of nitrogens with zero attached hydrogens (tertiary/aromatic N) is 1. The molecule has 0 spiro atoms. The molecule has 0 heterocycles. The molecule has 1 aromatic carbocycles. The van der Waals surface area contributed by atoms with E-state index in [9.17, 15) is 0 Å². The minimum Gasteiger partial charge on any atom is -0.493 e. The molecule has 0 bridgehead atoms. The van der Waals surface area contributed by atoms with Crippen LogP contribution >= 0.6 is 0 Å². The third-order valence-electron chi connectivity index (χ3n) is 2.01. The molecule has 0 unspecified atom stereocenters. The van der Waals surface area contributed by atoms with Crippen molar-refractivity contribution in [2.45, 2.75) is 13.0 Å². The Bertz CT molecular complexity index is 369. The Morgan fingerprint density at radius 3 is 2.73 bits per heavy atom. The lowest BCUT2D eigenvalue weighted by Crippen LogP contribution is -2.05. The van der Waals surface area contributed by atoms with E-state index in [1.165, 1.54) is 0 Å². The average Bonchev–Trinajstić information content (AvgIpc) is 2.25. The monoisotopic (exact) mass is 206 g/mol. The SMILES string of the molecule is COc1cc([C@@H](C)N)ccc1OCC#N. The number of nitriles is 1. The predicted octanol–water partition coefficient (Wildman–Crippen LogP) is 1.62. The average molecular weight is 206 g/mol. The maximum absolute atomic E-state index is 8.40. The summed E-state index contributed by atoms with van der Waals surface area (Å²) >= 11 is 0. The van der Waals surface area contributed by atoms with Gasteiger partial charge in [0.25, 0.3) is 0 Å². The van der Waals surface area contributed by atoms with Gasteiger partial charge in [-0.15, -0.1) is 0 Å². The van der Waals surface area contributed by atoms with Crippen LogP contribution in [0.2, 0.25) is 0 Å². The second-order valence-electron chi connectivity index (χ2n) is 3.15. The molecule has 0 aliphatic heterocycles. The molecule has 0 radical (unpaired) electrons. The standard InChI is InChI=1S/C11H14N2O2/c1-8(13)9-3-4-10(15-6-5-12)11(7-9)14-2/h3-4,7-8H,6,13H2,1-2H3/t8-/m1/s1. The minimum atomic E-state index is -0.0519. The van der Waals surface area contributed by atoms with Crippen molar-refractivity contribution in [1.29, 1.82) is 5.26 Å². The molecule has 0 aliphatic rings. The summed E-state index contributed by atoms with van der Waals surface area (Å²) in [6.07, 6.45) is 0. The summed E-state index contributed by atoms with van der Waals surface area (Å²) in [5.74, 6) is 1.16. The molecular weight excluding hydrogens is 192 g/mol. The van der Waals surface area contributed by atoms with Crippen LogP contribution in [0, 0.1) is 11.3 Å². The molecule has 0 saturated heterocycles. The van der Waals surface area contributed by atoms with Gasteiger partial charge in [0.15, 0.2) is 18.1 Å². The molecule has 0 fully saturated rings. The summed E-state index contributed by atoms with van der Waals surface area (Å²) in [7, 11) is 1.56. The summed E-state index contributed by atoms with van der Waals surface area (Å²) in [6.45, 7) is 1.90. The van der Waals surface area contributed by atoms with Gasteiger partial charge in [0.2, 0.25) is 0 Å². The highest BCUT2D eigenvalue weighted by Crippen LogP contribution is 2.29. The van der Waals surface area contributed by atoms with Crippen molar-refractivity contribution in [2.24, 2.45) is 5.73 Å². The lowest BCUT2D eigenvalue weighted by molar-refractivity contribution is 0.329. The zero-order valence-electron chi connectivity index (χ0n) is 8.86. The van der Waals surface area contributed by atoms with Gasteiger partial charge < -0.3 is 15.2 Å². The smallest absolute Gasteiger partial charge is 0.174 e. The number of benzene rings is 1. The van der Waals surface area contributed by atoms with Crippen LogP contribution in [0.4, 0.5) is 0 Å². The molecule has 80 valence electrons. The second kappa shape index (κ2) is 5.23. The zero-order valence-corrected chi connectivity index (χ0v) is 8.86. The van der Waals surface area contributed by atoms with Crippen LogP contribution in [-0.4, -0.2) is 13.7 Å². The predicted molar refractivity (Wildman–Crippen MR) is 56.7 cm³/mol. The van der Waals surface area contributed by atoms with Gasteiger partial charge in [0, 0.05) is 6.04 Å². The van der Waals surface area contributed by atoms with Gasteiger partial charge in [0.1, 0.15) is 6.07 Å². The molecule has 1 rings (SSSR count). The number of ether oxygens (including phenoxy) is 2. The molecule has 0 amide bonds. The van der Waals surface area contributed by atoms with Gasteiger partial charge in [-0.3, -0.25) is 0 Å². The second-order valence-corrected chi connectivity index (χ2v) is 3.15. The van der Waals surface area contributed by atoms with Gasteiger partial charge in [-0.25, -0.2) is 0 Å². The van der Waals surface area contributed by atoms with Crippen molar-refractivity contribution in [3.8, 4) is 17.6 Å². The summed E-state index contributed by atoms with van der Waals surface area (Å²) in [5.41, 5.74) is 6.71. The first-order valence-electron chi connectivity index (χ1n) is 4.62. The van der Waals surface area contributed by atoms with E-state index in [2.05, 4.69) is 0 Å². The fraction of sp³-hybridized carbons (Fsp3) is 0.364. The molecular formula is C11H14N2O2. The van der Waals surface area contributed by atoms with E-state index < -0.39 is 0 Å². The molecule has 15 heavy (non-hydrogen) atoms. The van der Waals surface area contributed by atoms with Gasteiger partial charge in [-0.05, 0) is 24.6 Å². The van der Waals surface area contributed by atoms with Crippen molar-refractivity contribution < 1.29 is 9.47 Å². The van der Waals surface area contributed by atoms with Gasteiger partial charge in [0.05, 0.1) is 7.11 Å². The molecule has 0 saturated carbocycles. The Morgan fingerprint density at radius 1 is 1.47 bits per heavy atom. The molecule has 4 heteroatoms. The first-order valence-corrected chi connectivity index (χ1v) is 4.62. The number of methoxy groups -OCH3 is 1. The maximum Gasteiger partial charge on any atom is 0.174 e. The van der Waals surface area contributed by atoms with Gasteiger partial charge >= 0.3 is 0 Å². The summed E-state index contributed by atoms with van der Waals surface area (Å²) in [4.78, 5) is 0. The van der Waals surface area contributed by atoms with Crippen molar-refractivity contribution in [3.05, 3.63) is 23.8 Å². The van der Waals surface area contributed by atoms with E-state index in [4.69, 9.17) is 20.5 Å². The summed E-state index contributed by atoms with van der Waals surface area (Å²) < 4.78 is 10.3. The van der Waals surface area contributed by atoms with Crippen LogP contribution in [-0.2, 0) is 0 Å². The molecule has 0 aromatic heterocycles. The van der Waals surface area contributed by atoms with Crippen LogP contribution < -0.4 is 15.2 Å². The van der Waals surface area contributed by atoms with Crippen LogP contribution in [0.15, 0.2) is 18.2 Å². The Kier molecular flexibility index (Phi) is 3.95.